The third-order valence-electron chi connectivity index (χ3n) is 2.07. The van der Waals surface area contributed by atoms with E-state index >= 15 is 0 Å². The second kappa shape index (κ2) is 4.85. The molecule has 0 aromatic heterocycles. The van der Waals surface area contributed by atoms with Crippen molar-refractivity contribution in [3.8, 4) is 12.3 Å². The molecule has 13 heavy (non-hydrogen) atoms. The number of carbonyl (C=O) groups is 1. The Morgan fingerprint density at radius 2 is 2.31 bits per heavy atom. The minimum atomic E-state index is -1.54. The Morgan fingerprint density at radius 3 is 2.62 bits per heavy atom. The van der Waals surface area contributed by atoms with Gasteiger partial charge in [-0.15, -0.1) is 6.42 Å². The molecule has 0 aromatic rings. The van der Waals surface area contributed by atoms with Crippen molar-refractivity contribution in [1.29, 1.82) is 0 Å². The fourth-order valence-electron chi connectivity index (χ4n) is 0.833. The summed E-state index contributed by atoms with van der Waals surface area (Å²) in [6.07, 6.45) is 5.94. The van der Waals surface area contributed by atoms with Gasteiger partial charge in [-0.1, -0.05) is 12.8 Å². The third kappa shape index (κ3) is 3.45. The number of nitrogens with two attached hydrogens (primary N) is 2. The van der Waals surface area contributed by atoms with Crippen LogP contribution in [-0.2, 0) is 4.79 Å². The van der Waals surface area contributed by atoms with E-state index in [0.29, 0.717) is 13.0 Å². The van der Waals surface area contributed by atoms with Gasteiger partial charge in [0.25, 0.3) is 0 Å². The molecule has 0 saturated carbocycles. The molecule has 0 spiro atoms. The molecule has 0 heterocycles. The van der Waals surface area contributed by atoms with Crippen molar-refractivity contribution >= 4 is 5.97 Å². The van der Waals surface area contributed by atoms with Crippen LogP contribution in [0.1, 0.15) is 19.8 Å². The Hall–Kier alpha value is -1.05. The van der Waals surface area contributed by atoms with Crippen molar-refractivity contribution in [2.75, 3.05) is 6.54 Å². The van der Waals surface area contributed by atoms with Crippen LogP contribution in [0.4, 0.5) is 0 Å². The van der Waals surface area contributed by atoms with Crippen LogP contribution >= 0.6 is 0 Å². The molecule has 0 aliphatic carbocycles. The average Bonchev–Trinajstić information content (AvgIpc) is 2.13. The van der Waals surface area contributed by atoms with Crippen molar-refractivity contribution in [2.45, 2.75) is 25.3 Å². The van der Waals surface area contributed by atoms with Crippen molar-refractivity contribution in [3.05, 3.63) is 0 Å². The van der Waals surface area contributed by atoms with Crippen LogP contribution < -0.4 is 11.5 Å². The molecule has 0 bridgehead atoms. The fourth-order valence-corrected chi connectivity index (χ4v) is 0.833. The Labute approximate surface area is 78.3 Å². The maximum Gasteiger partial charge on any atom is 0.336 e. The van der Waals surface area contributed by atoms with E-state index in [-0.39, 0.29) is 12.3 Å². The number of hydrogen-bond acceptors (Lipinski definition) is 3. The van der Waals surface area contributed by atoms with Gasteiger partial charge in [0, 0.05) is 0 Å². The number of hydrogen-bond donors (Lipinski definition) is 3. The zero-order valence-corrected chi connectivity index (χ0v) is 7.79. The third-order valence-corrected chi connectivity index (χ3v) is 2.07. The number of aliphatic carboxylic acids is 1. The van der Waals surface area contributed by atoms with Crippen LogP contribution in [0.5, 0.6) is 0 Å². The lowest BCUT2D eigenvalue weighted by Gasteiger charge is -2.19. The number of terminal acetylenes is 1. The first-order chi connectivity index (χ1) is 5.96. The molecule has 0 amide bonds. The summed E-state index contributed by atoms with van der Waals surface area (Å²) < 4.78 is 0. The van der Waals surface area contributed by atoms with E-state index in [4.69, 9.17) is 23.0 Å². The summed E-state index contributed by atoms with van der Waals surface area (Å²) in [5, 5.41) is 8.72. The summed E-state index contributed by atoms with van der Waals surface area (Å²) >= 11 is 0. The molecule has 0 aliphatic heterocycles. The summed E-state index contributed by atoms with van der Waals surface area (Å²) in [4.78, 5) is 10.7. The Morgan fingerprint density at radius 1 is 1.77 bits per heavy atom. The topological polar surface area (TPSA) is 89.3 Å². The van der Waals surface area contributed by atoms with E-state index in [0.717, 1.165) is 0 Å². The highest BCUT2D eigenvalue weighted by atomic mass is 16.4. The lowest BCUT2D eigenvalue weighted by atomic mass is 9.91. The van der Waals surface area contributed by atoms with Crippen LogP contribution in [0.15, 0.2) is 0 Å². The Bertz CT molecular complexity index is 222. The summed E-state index contributed by atoms with van der Waals surface area (Å²) in [5.74, 6) is 1.19. The molecule has 4 heteroatoms. The molecule has 0 rings (SSSR count). The van der Waals surface area contributed by atoms with Crippen LogP contribution in [0.25, 0.3) is 0 Å². The second-order valence-corrected chi connectivity index (χ2v) is 3.30. The van der Waals surface area contributed by atoms with Gasteiger partial charge in [0.15, 0.2) is 5.54 Å². The largest absolute Gasteiger partial charge is 0.479 e. The molecule has 2 atom stereocenters. The van der Waals surface area contributed by atoms with Crippen LogP contribution in [0.3, 0.4) is 0 Å². The molecule has 74 valence electrons. The van der Waals surface area contributed by atoms with Gasteiger partial charge >= 0.3 is 5.97 Å². The lowest BCUT2D eigenvalue weighted by Crippen LogP contribution is -2.46. The lowest BCUT2D eigenvalue weighted by molar-refractivity contribution is -0.141. The smallest absolute Gasteiger partial charge is 0.336 e. The van der Waals surface area contributed by atoms with Crippen LogP contribution in [0.2, 0.25) is 0 Å². The van der Waals surface area contributed by atoms with Gasteiger partial charge in [0.2, 0.25) is 0 Å². The first-order valence-corrected chi connectivity index (χ1v) is 4.16. The molecule has 0 saturated heterocycles. The second-order valence-electron chi connectivity index (χ2n) is 3.30. The van der Waals surface area contributed by atoms with Gasteiger partial charge in [-0.05, 0) is 25.3 Å². The highest BCUT2D eigenvalue weighted by Crippen LogP contribution is 2.13. The quantitative estimate of drug-likeness (QED) is 0.515. The average molecular weight is 184 g/mol. The first-order valence-electron chi connectivity index (χ1n) is 4.16. The molecule has 4 nitrogen and oxygen atoms in total. The molecule has 0 aromatic carbocycles. The van der Waals surface area contributed by atoms with Gasteiger partial charge in [-0.25, -0.2) is 4.79 Å². The van der Waals surface area contributed by atoms with E-state index in [9.17, 15) is 4.79 Å². The van der Waals surface area contributed by atoms with E-state index in [1.807, 2.05) is 6.92 Å². The molecular formula is C9H16N2O2. The van der Waals surface area contributed by atoms with Crippen molar-refractivity contribution in [1.82, 2.24) is 0 Å². The van der Waals surface area contributed by atoms with Crippen LogP contribution in [0, 0.1) is 18.3 Å². The molecule has 0 aliphatic rings. The predicted octanol–water partition coefficient (Wildman–Crippen LogP) is -0.223. The number of carboxylic acid groups (broad SMARTS) is 1. The highest BCUT2D eigenvalue weighted by Gasteiger charge is 2.31. The molecule has 2 unspecified atom stereocenters. The highest BCUT2D eigenvalue weighted by molar-refractivity contribution is 5.82. The minimum Gasteiger partial charge on any atom is -0.479 e. The number of rotatable bonds is 5. The minimum absolute atomic E-state index is 0.246. The van der Waals surface area contributed by atoms with Crippen molar-refractivity contribution in [2.24, 2.45) is 17.4 Å². The zero-order chi connectivity index (χ0) is 10.5. The molecule has 0 fully saturated rings. The summed E-state index contributed by atoms with van der Waals surface area (Å²) in [5.41, 5.74) is 9.31. The molecule has 0 radical (unpaired) electrons. The SMILES string of the molecule is C#CC(N)(CCC(C)CN)C(=O)O. The van der Waals surface area contributed by atoms with Crippen molar-refractivity contribution in [3.63, 3.8) is 0 Å². The van der Waals surface area contributed by atoms with Gasteiger partial charge in [0.1, 0.15) is 0 Å². The predicted molar refractivity (Wildman–Crippen MR) is 50.8 cm³/mol. The summed E-state index contributed by atoms with van der Waals surface area (Å²) in [7, 11) is 0. The van der Waals surface area contributed by atoms with Gasteiger partial charge in [-0.2, -0.15) is 0 Å². The maximum absolute atomic E-state index is 10.7. The molecule has 5 N–H and O–H groups in total. The summed E-state index contributed by atoms with van der Waals surface area (Å²) in [6, 6.07) is 0. The maximum atomic E-state index is 10.7. The van der Waals surface area contributed by atoms with Crippen molar-refractivity contribution < 1.29 is 9.90 Å². The van der Waals surface area contributed by atoms with E-state index in [1.54, 1.807) is 0 Å². The van der Waals surface area contributed by atoms with E-state index in [1.165, 1.54) is 0 Å². The van der Waals surface area contributed by atoms with E-state index in [2.05, 4.69) is 5.92 Å². The normalized spacial score (nSPS) is 17.1. The van der Waals surface area contributed by atoms with Gasteiger partial charge in [-0.3, -0.25) is 0 Å². The van der Waals surface area contributed by atoms with E-state index < -0.39 is 11.5 Å². The van der Waals surface area contributed by atoms with Gasteiger partial charge in [0.05, 0.1) is 0 Å². The summed E-state index contributed by atoms with van der Waals surface area (Å²) in [6.45, 7) is 2.44. The Kier molecular flexibility index (Phi) is 4.46. The van der Waals surface area contributed by atoms with Crippen LogP contribution in [-0.4, -0.2) is 23.2 Å². The number of carboxylic acids is 1. The Balaban J connectivity index is 4.16. The van der Waals surface area contributed by atoms with Gasteiger partial charge < -0.3 is 16.6 Å². The zero-order valence-electron chi connectivity index (χ0n) is 7.79. The standard InChI is InChI=1S/C9H16N2O2/c1-3-9(11,8(12)13)5-4-7(2)6-10/h1,7H,4-6,10-11H2,2H3,(H,12,13). The first kappa shape index (κ1) is 11.9. The molecular weight excluding hydrogens is 168 g/mol. The monoisotopic (exact) mass is 184 g/mol. The fraction of sp³-hybridized carbons (Fsp3) is 0.667.